The first-order valence-electron chi connectivity index (χ1n) is 8.06. The maximum atomic E-state index is 10.6. The van der Waals surface area contributed by atoms with Gasteiger partial charge in [0.2, 0.25) is 0 Å². The van der Waals surface area contributed by atoms with E-state index in [9.17, 15) is 4.79 Å². The van der Waals surface area contributed by atoms with E-state index in [1.807, 2.05) is 43.3 Å². The maximum absolute atomic E-state index is 10.6. The third-order valence-corrected chi connectivity index (χ3v) is 3.39. The number of hydrogen-bond donors (Lipinski definition) is 2. The third-order valence-electron chi connectivity index (χ3n) is 3.39. The molecule has 0 radical (unpaired) electrons. The number of hydrogen-bond acceptors (Lipinski definition) is 4. The van der Waals surface area contributed by atoms with Crippen LogP contribution < -0.4 is 20.6 Å². The van der Waals surface area contributed by atoms with Crippen molar-refractivity contribution in [3.63, 3.8) is 0 Å². The first kappa shape index (κ1) is 18.3. The molecule has 25 heavy (non-hydrogen) atoms. The van der Waals surface area contributed by atoms with Gasteiger partial charge < -0.3 is 15.2 Å². The van der Waals surface area contributed by atoms with Crippen LogP contribution in [0.4, 0.5) is 4.79 Å². The molecule has 0 heterocycles. The van der Waals surface area contributed by atoms with Crippen LogP contribution in [-0.2, 0) is 0 Å². The first-order valence-corrected chi connectivity index (χ1v) is 8.06. The molecular weight excluding hydrogens is 318 g/mol. The summed E-state index contributed by atoms with van der Waals surface area (Å²) in [6, 6.07) is 12.8. The molecule has 2 aromatic carbocycles. The fraction of sp³-hybridized carbons (Fsp3) is 0.263. The van der Waals surface area contributed by atoms with E-state index in [1.165, 1.54) is 11.8 Å². The number of nitrogens with zero attached hydrogens (tertiary/aromatic N) is 1. The molecule has 0 spiro atoms. The Morgan fingerprint density at radius 3 is 2.72 bits per heavy atom. The van der Waals surface area contributed by atoms with E-state index < -0.39 is 6.03 Å². The van der Waals surface area contributed by atoms with E-state index in [2.05, 4.69) is 23.5 Å². The lowest BCUT2D eigenvalue weighted by molar-refractivity contribution is 0.246. The Bertz CT molecular complexity index is 744. The summed E-state index contributed by atoms with van der Waals surface area (Å²) in [6.45, 7) is 5.24. The van der Waals surface area contributed by atoms with Crippen LogP contribution in [0, 0.1) is 13.8 Å². The summed E-state index contributed by atoms with van der Waals surface area (Å²) in [5.41, 5.74) is 10.3. The van der Waals surface area contributed by atoms with Gasteiger partial charge in [0.1, 0.15) is 11.5 Å². The Labute approximate surface area is 147 Å². The molecule has 0 fully saturated rings. The van der Waals surface area contributed by atoms with Crippen molar-refractivity contribution in [1.29, 1.82) is 0 Å². The predicted molar refractivity (Wildman–Crippen MR) is 98.3 cm³/mol. The molecule has 132 valence electrons. The summed E-state index contributed by atoms with van der Waals surface area (Å²) < 4.78 is 11.5. The van der Waals surface area contributed by atoms with E-state index in [0.717, 1.165) is 29.0 Å². The van der Waals surface area contributed by atoms with Crippen molar-refractivity contribution in [1.82, 2.24) is 5.43 Å². The quantitative estimate of drug-likeness (QED) is 0.439. The van der Waals surface area contributed by atoms with Crippen LogP contribution in [0.15, 0.2) is 47.6 Å². The molecule has 2 rings (SSSR count). The lowest BCUT2D eigenvalue weighted by Crippen LogP contribution is -2.24. The van der Waals surface area contributed by atoms with Gasteiger partial charge in [0.05, 0.1) is 19.4 Å². The SMILES string of the molecule is Cc1ccc(OCCCOc2cccc(C=NNC(N)=O)c2)c(C)c1. The zero-order valence-electron chi connectivity index (χ0n) is 14.5. The van der Waals surface area contributed by atoms with Gasteiger partial charge in [0.15, 0.2) is 0 Å². The number of aryl methyl sites for hydroxylation is 2. The zero-order valence-corrected chi connectivity index (χ0v) is 14.5. The molecule has 0 unspecified atom stereocenters. The number of nitrogens with one attached hydrogen (secondary N) is 1. The number of urea groups is 1. The number of amides is 2. The average molecular weight is 341 g/mol. The minimum Gasteiger partial charge on any atom is -0.493 e. The highest BCUT2D eigenvalue weighted by atomic mass is 16.5. The molecule has 6 heteroatoms. The van der Waals surface area contributed by atoms with Gasteiger partial charge in [-0.2, -0.15) is 5.10 Å². The highest BCUT2D eigenvalue weighted by Gasteiger charge is 2.00. The summed E-state index contributed by atoms with van der Waals surface area (Å²) >= 11 is 0. The van der Waals surface area contributed by atoms with Crippen LogP contribution in [0.1, 0.15) is 23.1 Å². The molecule has 6 nitrogen and oxygen atoms in total. The molecule has 0 saturated carbocycles. The Hall–Kier alpha value is -3.02. The second-order valence-corrected chi connectivity index (χ2v) is 5.63. The summed E-state index contributed by atoms with van der Waals surface area (Å²) in [7, 11) is 0. The molecule has 0 aliphatic heterocycles. The Balaban J connectivity index is 1.74. The van der Waals surface area contributed by atoms with Gasteiger partial charge >= 0.3 is 6.03 Å². The third kappa shape index (κ3) is 6.55. The maximum Gasteiger partial charge on any atom is 0.332 e. The lowest BCUT2D eigenvalue weighted by atomic mass is 10.1. The number of hydrazone groups is 1. The molecule has 0 aliphatic rings. The number of carbonyl (C=O) groups excluding carboxylic acids is 1. The van der Waals surface area contributed by atoms with E-state index >= 15 is 0 Å². The number of carbonyl (C=O) groups is 1. The zero-order chi connectivity index (χ0) is 18.1. The standard InChI is InChI=1S/C19H23N3O3/c1-14-7-8-18(15(2)11-14)25-10-4-9-24-17-6-3-5-16(12-17)13-21-22-19(20)23/h3,5-8,11-13H,4,9-10H2,1-2H3,(H3,20,22,23). The summed E-state index contributed by atoms with van der Waals surface area (Å²) in [4.78, 5) is 10.6. The van der Waals surface area contributed by atoms with Gasteiger partial charge in [-0.05, 0) is 43.2 Å². The lowest BCUT2D eigenvalue weighted by Gasteiger charge is -2.10. The summed E-state index contributed by atoms with van der Waals surface area (Å²) in [6.07, 6.45) is 2.27. The fourth-order valence-corrected chi connectivity index (χ4v) is 2.25. The van der Waals surface area contributed by atoms with E-state index in [4.69, 9.17) is 15.2 Å². The number of rotatable bonds is 8. The van der Waals surface area contributed by atoms with Gasteiger partial charge in [-0.1, -0.05) is 29.8 Å². The molecule has 0 aromatic heterocycles. The fourth-order valence-electron chi connectivity index (χ4n) is 2.25. The minimum atomic E-state index is -0.701. The van der Waals surface area contributed by atoms with Crippen molar-refractivity contribution in [2.24, 2.45) is 10.8 Å². The normalized spacial score (nSPS) is 10.6. The van der Waals surface area contributed by atoms with Gasteiger partial charge in [0.25, 0.3) is 0 Å². The molecule has 2 amide bonds. The Morgan fingerprint density at radius 2 is 1.96 bits per heavy atom. The van der Waals surface area contributed by atoms with Crippen molar-refractivity contribution in [3.8, 4) is 11.5 Å². The van der Waals surface area contributed by atoms with Gasteiger partial charge in [-0.15, -0.1) is 0 Å². The molecule has 0 aliphatic carbocycles. The van der Waals surface area contributed by atoms with Crippen LogP contribution >= 0.6 is 0 Å². The van der Waals surface area contributed by atoms with Crippen molar-refractivity contribution >= 4 is 12.2 Å². The average Bonchev–Trinajstić information content (AvgIpc) is 2.56. The second kappa shape index (κ2) is 9.32. The number of benzene rings is 2. The molecule has 3 N–H and O–H groups in total. The largest absolute Gasteiger partial charge is 0.493 e. The topological polar surface area (TPSA) is 85.9 Å². The second-order valence-electron chi connectivity index (χ2n) is 5.63. The number of primary amides is 1. The van der Waals surface area contributed by atoms with E-state index in [-0.39, 0.29) is 0 Å². The minimum absolute atomic E-state index is 0.547. The van der Waals surface area contributed by atoms with Crippen LogP contribution in [0.3, 0.4) is 0 Å². The number of ether oxygens (including phenoxy) is 2. The highest BCUT2D eigenvalue weighted by Crippen LogP contribution is 2.19. The van der Waals surface area contributed by atoms with Crippen molar-refractivity contribution < 1.29 is 14.3 Å². The smallest absolute Gasteiger partial charge is 0.332 e. The van der Waals surface area contributed by atoms with E-state index in [1.54, 1.807) is 0 Å². The monoisotopic (exact) mass is 341 g/mol. The van der Waals surface area contributed by atoms with Crippen LogP contribution in [0.2, 0.25) is 0 Å². The Kier molecular flexibility index (Phi) is 6.83. The predicted octanol–water partition coefficient (Wildman–Crippen LogP) is 3.15. The van der Waals surface area contributed by atoms with Gasteiger partial charge in [-0.25, -0.2) is 10.2 Å². The molecular formula is C19H23N3O3. The van der Waals surface area contributed by atoms with Crippen LogP contribution in [0.25, 0.3) is 0 Å². The van der Waals surface area contributed by atoms with Crippen LogP contribution in [-0.4, -0.2) is 25.5 Å². The number of nitrogens with two attached hydrogens (primary N) is 1. The Morgan fingerprint density at radius 1 is 1.16 bits per heavy atom. The summed E-state index contributed by atoms with van der Waals surface area (Å²) in [5.74, 6) is 1.64. The summed E-state index contributed by atoms with van der Waals surface area (Å²) in [5, 5.41) is 3.71. The molecule has 0 saturated heterocycles. The van der Waals surface area contributed by atoms with Crippen molar-refractivity contribution in [3.05, 3.63) is 59.2 Å². The molecule has 0 atom stereocenters. The molecule has 0 bridgehead atoms. The molecule has 2 aromatic rings. The van der Waals surface area contributed by atoms with Crippen LogP contribution in [0.5, 0.6) is 11.5 Å². The van der Waals surface area contributed by atoms with Crippen molar-refractivity contribution in [2.45, 2.75) is 20.3 Å². The van der Waals surface area contributed by atoms with Gasteiger partial charge in [0, 0.05) is 6.42 Å². The van der Waals surface area contributed by atoms with Gasteiger partial charge in [-0.3, -0.25) is 0 Å². The highest BCUT2D eigenvalue weighted by molar-refractivity contribution is 5.81. The van der Waals surface area contributed by atoms with E-state index in [0.29, 0.717) is 13.2 Å². The first-order chi connectivity index (χ1) is 12.0. The van der Waals surface area contributed by atoms with Crippen molar-refractivity contribution in [2.75, 3.05) is 13.2 Å².